The molecule has 0 spiro atoms. The summed E-state index contributed by atoms with van der Waals surface area (Å²) in [5, 5.41) is 18.2. The molecule has 28 heavy (non-hydrogen) atoms. The summed E-state index contributed by atoms with van der Waals surface area (Å²) in [4.78, 5) is 26.2. The first kappa shape index (κ1) is 17.9. The fourth-order valence-corrected chi connectivity index (χ4v) is 3.51. The van der Waals surface area contributed by atoms with Crippen LogP contribution in [0.4, 0.5) is 5.88 Å². The predicted octanol–water partition coefficient (Wildman–Crippen LogP) is 2.76. The first-order valence-electron chi connectivity index (χ1n) is 9.15. The third-order valence-corrected chi connectivity index (χ3v) is 4.82. The zero-order valence-corrected chi connectivity index (χ0v) is 15.1. The average Bonchev–Trinajstić information content (AvgIpc) is 3.35. The van der Waals surface area contributed by atoms with E-state index in [9.17, 15) is 14.9 Å². The molecule has 3 heterocycles. The summed E-state index contributed by atoms with van der Waals surface area (Å²) in [6, 6.07) is 6.37. The number of carbonyl (C=O) groups excluding carboxylic acids is 1. The molecule has 144 valence electrons. The van der Waals surface area contributed by atoms with E-state index < -0.39 is 16.7 Å². The molecule has 0 radical (unpaired) electrons. The van der Waals surface area contributed by atoms with Gasteiger partial charge in [-0.3, -0.25) is 24.6 Å². The fourth-order valence-electron chi connectivity index (χ4n) is 3.51. The van der Waals surface area contributed by atoms with Crippen molar-refractivity contribution in [3.8, 4) is 11.3 Å². The highest BCUT2D eigenvalue weighted by Gasteiger charge is 2.22. The normalized spacial score (nSPS) is 13.1. The quantitative estimate of drug-likeness (QED) is 0.518. The van der Waals surface area contributed by atoms with Gasteiger partial charge in [0.15, 0.2) is 5.76 Å². The Hall–Kier alpha value is -3.49. The van der Waals surface area contributed by atoms with E-state index in [1.165, 1.54) is 23.4 Å². The van der Waals surface area contributed by atoms with E-state index in [-0.39, 0.29) is 5.76 Å². The molecule has 9 heteroatoms. The molecule has 3 aromatic heterocycles. The molecule has 1 aliphatic carbocycles. The Balaban J connectivity index is 1.47. The molecule has 0 aliphatic heterocycles. The number of amides is 1. The summed E-state index contributed by atoms with van der Waals surface area (Å²) in [5.41, 5.74) is 4.50. The molecule has 0 saturated carbocycles. The summed E-state index contributed by atoms with van der Waals surface area (Å²) >= 11 is 0. The highest BCUT2D eigenvalue weighted by molar-refractivity contribution is 5.91. The number of fused-ring (bicyclic) bond motifs is 1. The number of nitro groups is 1. The van der Waals surface area contributed by atoms with E-state index >= 15 is 0 Å². The molecule has 0 aromatic carbocycles. The van der Waals surface area contributed by atoms with E-state index in [1.807, 2.05) is 16.8 Å². The molecule has 4 rings (SSSR count). The van der Waals surface area contributed by atoms with Gasteiger partial charge < -0.3 is 9.73 Å². The van der Waals surface area contributed by atoms with Crippen molar-refractivity contribution in [1.82, 2.24) is 20.1 Å². The van der Waals surface area contributed by atoms with E-state index in [0.29, 0.717) is 13.1 Å². The third kappa shape index (κ3) is 3.51. The lowest BCUT2D eigenvalue weighted by atomic mass is 9.94. The summed E-state index contributed by atoms with van der Waals surface area (Å²) < 4.78 is 6.88. The van der Waals surface area contributed by atoms with Crippen molar-refractivity contribution < 1.29 is 14.1 Å². The van der Waals surface area contributed by atoms with Crippen LogP contribution in [0, 0.1) is 10.1 Å². The van der Waals surface area contributed by atoms with Gasteiger partial charge in [0, 0.05) is 35.8 Å². The number of pyridine rings is 1. The number of carbonyl (C=O) groups is 1. The molecule has 3 aromatic rings. The van der Waals surface area contributed by atoms with E-state index in [0.717, 1.165) is 36.9 Å². The number of hydrogen-bond acceptors (Lipinski definition) is 6. The fraction of sp³-hybridized carbons (Fsp3) is 0.316. The van der Waals surface area contributed by atoms with Crippen LogP contribution in [-0.2, 0) is 19.4 Å². The number of furan rings is 1. The van der Waals surface area contributed by atoms with Crippen molar-refractivity contribution in [3.63, 3.8) is 0 Å². The van der Waals surface area contributed by atoms with Gasteiger partial charge in [-0.1, -0.05) is 0 Å². The van der Waals surface area contributed by atoms with Crippen LogP contribution in [0.5, 0.6) is 0 Å². The molecular formula is C19H19N5O4. The van der Waals surface area contributed by atoms with Crippen molar-refractivity contribution in [2.75, 3.05) is 6.54 Å². The largest absolute Gasteiger partial charge is 0.433 e. The van der Waals surface area contributed by atoms with Crippen molar-refractivity contribution in [1.29, 1.82) is 0 Å². The lowest BCUT2D eigenvalue weighted by Gasteiger charge is -2.14. The molecule has 9 nitrogen and oxygen atoms in total. The van der Waals surface area contributed by atoms with Gasteiger partial charge in [-0.2, -0.15) is 5.10 Å². The summed E-state index contributed by atoms with van der Waals surface area (Å²) in [6.07, 6.45) is 7.74. The summed E-state index contributed by atoms with van der Waals surface area (Å²) in [5.74, 6) is -1.01. The van der Waals surface area contributed by atoms with Gasteiger partial charge in [-0.05, 0) is 43.9 Å². The molecule has 0 unspecified atom stereocenters. The zero-order chi connectivity index (χ0) is 19.5. The zero-order valence-electron chi connectivity index (χ0n) is 15.1. The Bertz CT molecular complexity index is 1010. The van der Waals surface area contributed by atoms with Crippen molar-refractivity contribution in [2.24, 2.45) is 0 Å². The minimum absolute atomic E-state index is 0.0772. The number of aromatic nitrogens is 3. The molecule has 0 fully saturated rings. The number of hydrogen-bond donors (Lipinski definition) is 1. The Morgan fingerprint density at radius 2 is 2.00 bits per heavy atom. The van der Waals surface area contributed by atoms with E-state index in [2.05, 4.69) is 10.3 Å². The highest BCUT2D eigenvalue weighted by atomic mass is 16.6. The maximum absolute atomic E-state index is 12.1. The number of nitrogens with zero attached hydrogens (tertiary/aromatic N) is 4. The minimum Gasteiger partial charge on any atom is -0.395 e. The predicted molar refractivity (Wildman–Crippen MR) is 99.8 cm³/mol. The van der Waals surface area contributed by atoms with Crippen LogP contribution in [-0.4, -0.2) is 32.1 Å². The van der Waals surface area contributed by atoms with Gasteiger partial charge in [0.05, 0.1) is 18.3 Å². The van der Waals surface area contributed by atoms with Crippen LogP contribution in [0.3, 0.4) is 0 Å². The second-order valence-electron chi connectivity index (χ2n) is 6.59. The van der Waals surface area contributed by atoms with E-state index in [4.69, 9.17) is 9.52 Å². The second kappa shape index (κ2) is 7.63. The van der Waals surface area contributed by atoms with Crippen LogP contribution < -0.4 is 5.32 Å². The number of rotatable bonds is 6. The maximum atomic E-state index is 12.1. The van der Waals surface area contributed by atoms with Gasteiger partial charge in [0.1, 0.15) is 4.92 Å². The van der Waals surface area contributed by atoms with Crippen LogP contribution in [0.2, 0.25) is 0 Å². The monoisotopic (exact) mass is 381 g/mol. The van der Waals surface area contributed by atoms with Crippen molar-refractivity contribution in [2.45, 2.75) is 32.2 Å². The van der Waals surface area contributed by atoms with Gasteiger partial charge in [0.25, 0.3) is 5.91 Å². The van der Waals surface area contributed by atoms with Gasteiger partial charge in [0.2, 0.25) is 0 Å². The van der Waals surface area contributed by atoms with Crippen LogP contribution in [0.15, 0.2) is 41.1 Å². The Morgan fingerprint density at radius 3 is 2.75 bits per heavy atom. The second-order valence-corrected chi connectivity index (χ2v) is 6.59. The Labute approximate surface area is 160 Å². The smallest absolute Gasteiger partial charge is 0.395 e. The number of nitrogens with one attached hydrogen (secondary N) is 1. The minimum atomic E-state index is -0.673. The van der Waals surface area contributed by atoms with Crippen LogP contribution >= 0.6 is 0 Å². The van der Waals surface area contributed by atoms with Crippen molar-refractivity contribution in [3.05, 3.63) is 63.8 Å². The first-order valence-corrected chi connectivity index (χ1v) is 9.15. The molecular weight excluding hydrogens is 362 g/mol. The SMILES string of the molecule is O=C(NCCn1nc(-c2ccncc2)c2c1CCCC2)c1ccc([N+](=O)[O-])o1. The van der Waals surface area contributed by atoms with Gasteiger partial charge in [-0.15, -0.1) is 0 Å². The molecule has 1 aliphatic rings. The average molecular weight is 381 g/mol. The van der Waals surface area contributed by atoms with Crippen molar-refractivity contribution >= 4 is 11.8 Å². The van der Waals surface area contributed by atoms with Gasteiger partial charge in [-0.25, -0.2) is 0 Å². The van der Waals surface area contributed by atoms with Gasteiger partial charge >= 0.3 is 5.88 Å². The highest BCUT2D eigenvalue weighted by Crippen LogP contribution is 2.30. The summed E-state index contributed by atoms with van der Waals surface area (Å²) in [7, 11) is 0. The molecule has 0 atom stereocenters. The standard InChI is InChI=1S/C19H19N5O4/c25-19(16-5-6-17(28-16)24(26)27)21-11-12-23-15-4-2-1-3-14(15)18(22-23)13-7-9-20-10-8-13/h5-10H,1-4,11-12H2,(H,21,25). The molecule has 0 bridgehead atoms. The molecule has 1 N–H and O–H groups in total. The molecule has 1 amide bonds. The first-order chi connectivity index (χ1) is 13.6. The van der Waals surface area contributed by atoms with Crippen LogP contribution in [0.1, 0.15) is 34.7 Å². The third-order valence-electron chi connectivity index (χ3n) is 4.82. The van der Waals surface area contributed by atoms with E-state index in [1.54, 1.807) is 12.4 Å². The summed E-state index contributed by atoms with van der Waals surface area (Å²) in [6.45, 7) is 0.860. The molecule has 0 saturated heterocycles. The Morgan fingerprint density at radius 1 is 1.21 bits per heavy atom. The maximum Gasteiger partial charge on any atom is 0.433 e. The lowest BCUT2D eigenvalue weighted by molar-refractivity contribution is -0.402. The lowest BCUT2D eigenvalue weighted by Crippen LogP contribution is -2.27. The Kier molecular flexibility index (Phi) is 4.88. The van der Waals surface area contributed by atoms with Crippen LogP contribution in [0.25, 0.3) is 11.3 Å². The topological polar surface area (TPSA) is 116 Å².